The molecule has 0 aromatic carbocycles. The number of nitrogens with zero attached hydrogens (tertiary/aromatic N) is 2. The van der Waals surface area contributed by atoms with Crippen LogP contribution in [0.15, 0.2) is 18.3 Å². The number of piperidine rings is 1. The predicted molar refractivity (Wildman–Crippen MR) is 69.8 cm³/mol. The van der Waals surface area contributed by atoms with E-state index in [-0.39, 0.29) is 12.0 Å². The van der Waals surface area contributed by atoms with Crippen LogP contribution < -0.4 is 0 Å². The van der Waals surface area contributed by atoms with Gasteiger partial charge in [-0.1, -0.05) is 11.6 Å². The lowest BCUT2D eigenvalue weighted by molar-refractivity contribution is 0.00703. The zero-order valence-electron chi connectivity index (χ0n) is 10.4. The van der Waals surface area contributed by atoms with E-state index < -0.39 is 0 Å². The van der Waals surface area contributed by atoms with E-state index in [2.05, 4.69) is 4.98 Å². The molecule has 4 nitrogen and oxygen atoms in total. The highest BCUT2D eigenvalue weighted by molar-refractivity contribution is 6.30. The zero-order valence-corrected chi connectivity index (χ0v) is 11.2. The first-order valence-corrected chi connectivity index (χ1v) is 6.61. The van der Waals surface area contributed by atoms with Crippen molar-refractivity contribution in [2.45, 2.75) is 25.9 Å². The maximum Gasteiger partial charge on any atom is 0.272 e. The molecule has 18 heavy (non-hydrogen) atoms. The lowest BCUT2D eigenvalue weighted by atomic mass is 10.1. The Bertz CT molecular complexity index is 423. The number of pyridine rings is 1. The Hall–Kier alpha value is -1.13. The molecule has 1 aliphatic heterocycles. The Labute approximate surface area is 112 Å². The molecule has 1 aromatic heterocycles. The van der Waals surface area contributed by atoms with Crippen LogP contribution in [0.25, 0.3) is 0 Å². The summed E-state index contributed by atoms with van der Waals surface area (Å²) in [4.78, 5) is 18.1. The summed E-state index contributed by atoms with van der Waals surface area (Å²) in [5, 5.41) is 0.534. The highest BCUT2D eigenvalue weighted by atomic mass is 35.5. The first-order chi connectivity index (χ1) is 8.70. The van der Waals surface area contributed by atoms with Gasteiger partial charge in [0.2, 0.25) is 0 Å². The minimum absolute atomic E-state index is 0.0677. The van der Waals surface area contributed by atoms with Gasteiger partial charge in [0.15, 0.2) is 0 Å². The summed E-state index contributed by atoms with van der Waals surface area (Å²) in [6.07, 6.45) is 3.68. The third-order valence-corrected chi connectivity index (χ3v) is 3.24. The fourth-order valence-electron chi connectivity index (χ4n) is 2.18. The van der Waals surface area contributed by atoms with Crippen LogP contribution in [0.5, 0.6) is 0 Å². The number of likely N-dealkylation sites (tertiary alicyclic amines) is 1. The molecule has 1 aliphatic rings. The second kappa shape index (κ2) is 6.16. The monoisotopic (exact) mass is 268 g/mol. The fourth-order valence-corrected chi connectivity index (χ4v) is 2.34. The van der Waals surface area contributed by atoms with Crippen LogP contribution in [0.4, 0.5) is 0 Å². The summed E-state index contributed by atoms with van der Waals surface area (Å²) < 4.78 is 5.58. The predicted octanol–water partition coefficient (Wildman–Crippen LogP) is 2.38. The molecule has 0 radical (unpaired) electrons. The summed E-state index contributed by atoms with van der Waals surface area (Å²) in [5.74, 6) is -0.0677. The van der Waals surface area contributed by atoms with Gasteiger partial charge in [-0.3, -0.25) is 9.78 Å². The van der Waals surface area contributed by atoms with Crippen LogP contribution in [0.2, 0.25) is 5.02 Å². The largest absolute Gasteiger partial charge is 0.377 e. The minimum Gasteiger partial charge on any atom is -0.377 e. The summed E-state index contributed by atoms with van der Waals surface area (Å²) >= 11 is 5.87. The van der Waals surface area contributed by atoms with Gasteiger partial charge in [-0.25, -0.2) is 0 Å². The standard InChI is InChI=1S/C13H17ClN2O2/c1-2-18-11-4-3-7-16(9-11)13(17)12-8-10(14)5-6-15-12/h5-6,8,11H,2-4,7,9H2,1H3. The number of aromatic nitrogens is 1. The number of amides is 1. The van der Waals surface area contributed by atoms with Gasteiger partial charge in [-0.05, 0) is 31.9 Å². The normalized spacial score (nSPS) is 19.9. The Morgan fingerprint density at radius 2 is 2.50 bits per heavy atom. The number of hydrogen-bond acceptors (Lipinski definition) is 3. The van der Waals surface area contributed by atoms with Gasteiger partial charge in [0.1, 0.15) is 5.69 Å². The van der Waals surface area contributed by atoms with Crippen molar-refractivity contribution in [1.29, 1.82) is 0 Å². The number of halogens is 1. The molecule has 1 unspecified atom stereocenters. The van der Waals surface area contributed by atoms with Gasteiger partial charge < -0.3 is 9.64 Å². The molecule has 5 heteroatoms. The fraction of sp³-hybridized carbons (Fsp3) is 0.538. The Morgan fingerprint density at radius 1 is 1.67 bits per heavy atom. The van der Waals surface area contributed by atoms with E-state index in [0.29, 0.717) is 23.9 Å². The zero-order chi connectivity index (χ0) is 13.0. The Kier molecular flexibility index (Phi) is 4.55. The topological polar surface area (TPSA) is 42.4 Å². The molecule has 1 aromatic rings. The average molecular weight is 269 g/mol. The molecule has 2 heterocycles. The number of carbonyl (C=O) groups excluding carboxylic acids is 1. The molecule has 0 N–H and O–H groups in total. The third-order valence-electron chi connectivity index (χ3n) is 3.01. The van der Waals surface area contributed by atoms with Crippen molar-refractivity contribution in [3.8, 4) is 0 Å². The number of ether oxygens (including phenoxy) is 1. The van der Waals surface area contributed by atoms with E-state index in [0.717, 1.165) is 19.4 Å². The molecule has 0 aliphatic carbocycles. The van der Waals surface area contributed by atoms with Crippen molar-refractivity contribution in [2.24, 2.45) is 0 Å². The summed E-state index contributed by atoms with van der Waals surface area (Å²) in [6, 6.07) is 3.27. The molecule has 0 saturated carbocycles. The van der Waals surface area contributed by atoms with Crippen LogP contribution in [0, 0.1) is 0 Å². The summed E-state index contributed by atoms with van der Waals surface area (Å²) in [7, 11) is 0. The SMILES string of the molecule is CCOC1CCCN(C(=O)c2cc(Cl)ccn2)C1. The first kappa shape index (κ1) is 13.3. The van der Waals surface area contributed by atoms with Crippen molar-refractivity contribution < 1.29 is 9.53 Å². The van der Waals surface area contributed by atoms with E-state index in [1.807, 2.05) is 6.92 Å². The molecule has 1 atom stereocenters. The molecule has 1 amide bonds. The minimum atomic E-state index is -0.0677. The number of hydrogen-bond donors (Lipinski definition) is 0. The van der Waals surface area contributed by atoms with Gasteiger partial charge in [0.05, 0.1) is 6.10 Å². The van der Waals surface area contributed by atoms with Crippen molar-refractivity contribution in [3.05, 3.63) is 29.0 Å². The quantitative estimate of drug-likeness (QED) is 0.845. The van der Waals surface area contributed by atoms with Crippen LogP contribution in [-0.2, 0) is 4.74 Å². The number of rotatable bonds is 3. The lowest BCUT2D eigenvalue weighted by Gasteiger charge is -2.32. The van der Waals surface area contributed by atoms with Gasteiger partial charge in [-0.15, -0.1) is 0 Å². The highest BCUT2D eigenvalue weighted by Gasteiger charge is 2.25. The van der Waals surface area contributed by atoms with Crippen LogP contribution in [0.1, 0.15) is 30.3 Å². The molecule has 98 valence electrons. The van der Waals surface area contributed by atoms with E-state index in [1.165, 1.54) is 0 Å². The summed E-state index contributed by atoms with van der Waals surface area (Å²) in [5.41, 5.74) is 0.402. The van der Waals surface area contributed by atoms with Gasteiger partial charge >= 0.3 is 0 Å². The third kappa shape index (κ3) is 3.21. The molecule has 0 spiro atoms. The smallest absolute Gasteiger partial charge is 0.272 e. The van der Waals surface area contributed by atoms with Crippen molar-refractivity contribution in [3.63, 3.8) is 0 Å². The first-order valence-electron chi connectivity index (χ1n) is 6.23. The Morgan fingerprint density at radius 3 is 3.22 bits per heavy atom. The van der Waals surface area contributed by atoms with Crippen molar-refractivity contribution in [1.82, 2.24) is 9.88 Å². The molecule has 2 rings (SSSR count). The Balaban J connectivity index is 2.04. The second-order valence-electron chi connectivity index (χ2n) is 4.33. The second-order valence-corrected chi connectivity index (χ2v) is 4.77. The van der Waals surface area contributed by atoms with Crippen LogP contribution in [-0.4, -0.2) is 41.6 Å². The van der Waals surface area contributed by atoms with E-state index in [1.54, 1.807) is 23.2 Å². The molecular formula is C13H17ClN2O2. The van der Waals surface area contributed by atoms with Gasteiger partial charge in [0.25, 0.3) is 5.91 Å². The molecule has 1 saturated heterocycles. The number of carbonyl (C=O) groups is 1. The van der Waals surface area contributed by atoms with E-state index >= 15 is 0 Å². The van der Waals surface area contributed by atoms with E-state index in [9.17, 15) is 4.79 Å². The maximum absolute atomic E-state index is 12.3. The summed E-state index contributed by atoms with van der Waals surface area (Å²) in [6.45, 7) is 4.05. The highest BCUT2D eigenvalue weighted by Crippen LogP contribution is 2.16. The van der Waals surface area contributed by atoms with E-state index in [4.69, 9.17) is 16.3 Å². The van der Waals surface area contributed by atoms with Gasteiger partial charge in [0, 0.05) is 30.9 Å². The van der Waals surface area contributed by atoms with Crippen LogP contribution in [0.3, 0.4) is 0 Å². The molecule has 1 fully saturated rings. The lowest BCUT2D eigenvalue weighted by Crippen LogP contribution is -2.43. The van der Waals surface area contributed by atoms with Crippen LogP contribution >= 0.6 is 11.6 Å². The van der Waals surface area contributed by atoms with Gasteiger partial charge in [-0.2, -0.15) is 0 Å². The maximum atomic E-state index is 12.3. The molecule has 0 bridgehead atoms. The van der Waals surface area contributed by atoms with Crippen molar-refractivity contribution >= 4 is 17.5 Å². The van der Waals surface area contributed by atoms with Crippen molar-refractivity contribution in [2.75, 3.05) is 19.7 Å². The molecular weight excluding hydrogens is 252 g/mol. The average Bonchev–Trinajstić information content (AvgIpc) is 2.39.